The average molecular weight is 439 g/mol. The molecular weight excluding hydrogens is 408 g/mol. The summed E-state index contributed by atoms with van der Waals surface area (Å²) < 4.78 is 17.3. The number of amides is 2. The third-order valence-electron chi connectivity index (χ3n) is 5.71. The maximum atomic E-state index is 13.4. The Balaban J connectivity index is 1.62. The van der Waals surface area contributed by atoms with Crippen LogP contribution in [0.25, 0.3) is 0 Å². The van der Waals surface area contributed by atoms with E-state index in [1.165, 1.54) is 5.01 Å². The van der Waals surface area contributed by atoms with Crippen molar-refractivity contribution >= 4 is 11.8 Å². The van der Waals surface area contributed by atoms with Crippen LogP contribution in [0.4, 0.5) is 0 Å². The highest BCUT2D eigenvalue weighted by atomic mass is 16.6. The molecule has 2 aliphatic heterocycles. The molecule has 1 fully saturated rings. The van der Waals surface area contributed by atoms with Crippen molar-refractivity contribution in [3.63, 3.8) is 0 Å². The molecule has 0 radical (unpaired) electrons. The molecule has 1 N–H and O–H groups in total. The minimum Gasteiger partial charge on any atom is -0.485 e. The first-order valence-electron chi connectivity index (χ1n) is 10.8. The normalized spacial score (nSPS) is 16.3. The molecule has 0 saturated carbocycles. The summed E-state index contributed by atoms with van der Waals surface area (Å²) in [5.41, 5.74) is 5.31. The molecule has 0 bridgehead atoms. The first-order chi connectivity index (χ1) is 15.0. The van der Waals surface area contributed by atoms with Crippen LogP contribution >= 0.6 is 0 Å². The molecule has 32 heavy (non-hydrogen) atoms. The summed E-state index contributed by atoms with van der Waals surface area (Å²) >= 11 is 0. The van der Waals surface area contributed by atoms with Crippen LogP contribution in [-0.2, 0) is 4.74 Å². The fourth-order valence-electron chi connectivity index (χ4n) is 3.99. The van der Waals surface area contributed by atoms with E-state index in [-0.39, 0.29) is 11.8 Å². The molecule has 2 aliphatic rings. The van der Waals surface area contributed by atoms with Gasteiger partial charge in [-0.3, -0.25) is 15.0 Å². The van der Waals surface area contributed by atoms with Crippen LogP contribution in [0.15, 0.2) is 30.3 Å². The molecule has 1 spiro atoms. The smallest absolute Gasteiger partial charge is 0.272 e. The SMILES string of the molecule is Cc1cc(C)cc(C(=O)N(NC(=O)c2ccc3c(c2C)OC2(COC2)CO3)C(C)(C)C)c1. The lowest BCUT2D eigenvalue weighted by Gasteiger charge is -2.44. The Hall–Kier alpha value is -3.06. The lowest BCUT2D eigenvalue weighted by Crippen LogP contribution is -2.60. The molecule has 2 aromatic rings. The van der Waals surface area contributed by atoms with Crippen molar-refractivity contribution in [2.75, 3.05) is 19.8 Å². The molecular formula is C25H30N2O5. The predicted octanol–water partition coefficient (Wildman–Crippen LogP) is 3.74. The summed E-state index contributed by atoms with van der Waals surface area (Å²) in [6.07, 6.45) is 0. The molecule has 0 unspecified atom stereocenters. The monoisotopic (exact) mass is 438 g/mol. The van der Waals surface area contributed by atoms with Gasteiger partial charge in [0, 0.05) is 16.7 Å². The number of fused-ring (bicyclic) bond motifs is 1. The van der Waals surface area contributed by atoms with Crippen molar-refractivity contribution < 1.29 is 23.8 Å². The van der Waals surface area contributed by atoms with E-state index >= 15 is 0 Å². The molecule has 2 heterocycles. The number of ether oxygens (including phenoxy) is 3. The molecule has 4 rings (SSSR count). The van der Waals surface area contributed by atoms with E-state index in [1.807, 2.05) is 59.7 Å². The van der Waals surface area contributed by atoms with E-state index in [9.17, 15) is 9.59 Å². The Kier molecular flexibility index (Phi) is 5.41. The van der Waals surface area contributed by atoms with Crippen molar-refractivity contribution in [3.8, 4) is 11.5 Å². The number of carbonyl (C=O) groups excluding carboxylic acids is 2. The van der Waals surface area contributed by atoms with Gasteiger partial charge in [-0.1, -0.05) is 17.2 Å². The van der Waals surface area contributed by atoms with Gasteiger partial charge in [-0.15, -0.1) is 0 Å². The van der Waals surface area contributed by atoms with Gasteiger partial charge in [0.2, 0.25) is 0 Å². The highest BCUT2D eigenvalue weighted by molar-refractivity contribution is 6.00. The van der Waals surface area contributed by atoms with Crippen molar-refractivity contribution in [1.29, 1.82) is 0 Å². The molecule has 2 amide bonds. The van der Waals surface area contributed by atoms with Gasteiger partial charge in [-0.2, -0.15) is 0 Å². The predicted molar refractivity (Wildman–Crippen MR) is 120 cm³/mol. The Morgan fingerprint density at radius 2 is 1.66 bits per heavy atom. The maximum absolute atomic E-state index is 13.4. The zero-order chi connectivity index (χ0) is 23.3. The number of aryl methyl sites for hydroxylation is 2. The summed E-state index contributed by atoms with van der Waals surface area (Å²) in [4.78, 5) is 26.7. The standard InChI is InChI=1S/C25H30N2O5/c1-15-9-16(2)11-18(10-15)23(29)27(24(4,5)6)26-22(28)19-7-8-20-21(17(19)3)32-25(14-31-20)12-30-13-25/h7-11H,12-14H2,1-6H3,(H,26,28). The summed E-state index contributed by atoms with van der Waals surface area (Å²) in [5, 5.41) is 1.39. The molecule has 7 nitrogen and oxygen atoms in total. The second-order valence-electron chi connectivity index (χ2n) is 9.76. The first kappa shape index (κ1) is 22.1. The number of hydrazine groups is 1. The van der Waals surface area contributed by atoms with Crippen molar-refractivity contribution in [2.45, 2.75) is 52.7 Å². The number of carbonyl (C=O) groups is 2. The third-order valence-corrected chi connectivity index (χ3v) is 5.71. The molecule has 0 aliphatic carbocycles. The third kappa shape index (κ3) is 4.05. The Morgan fingerprint density at radius 1 is 1.00 bits per heavy atom. The van der Waals surface area contributed by atoms with Gasteiger partial charge in [-0.05, 0) is 65.8 Å². The fourth-order valence-corrected chi connectivity index (χ4v) is 3.99. The van der Waals surface area contributed by atoms with Crippen LogP contribution in [0, 0.1) is 20.8 Å². The van der Waals surface area contributed by atoms with Crippen LogP contribution in [0.1, 0.15) is 58.2 Å². The number of rotatable bonds is 2. The topological polar surface area (TPSA) is 77.1 Å². The van der Waals surface area contributed by atoms with E-state index in [0.29, 0.717) is 48.0 Å². The largest absolute Gasteiger partial charge is 0.485 e. The average Bonchev–Trinajstić information content (AvgIpc) is 2.68. The van der Waals surface area contributed by atoms with Gasteiger partial charge >= 0.3 is 0 Å². The lowest BCUT2D eigenvalue weighted by molar-refractivity contribution is -0.187. The van der Waals surface area contributed by atoms with Crippen LogP contribution < -0.4 is 14.9 Å². The Morgan fingerprint density at radius 3 is 2.22 bits per heavy atom. The van der Waals surface area contributed by atoms with Crippen molar-refractivity contribution in [2.24, 2.45) is 0 Å². The number of hydrogen-bond acceptors (Lipinski definition) is 5. The molecule has 0 atom stereocenters. The highest BCUT2D eigenvalue weighted by Gasteiger charge is 2.46. The van der Waals surface area contributed by atoms with Gasteiger partial charge in [0.1, 0.15) is 6.61 Å². The lowest BCUT2D eigenvalue weighted by atomic mass is 9.99. The van der Waals surface area contributed by atoms with Gasteiger partial charge in [-0.25, -0.2) is 5.01 Å². The molecule has 1 saturated heterocycles. The van der Waals surface area contributed by atoms with Crippen LogP contribution in [-0.4, -0.2) is 47.8 Å². The molecule has 0 aromatic heterocycles. The number of nitrogens with zero attached hydrogens (tertiary/aromatic N) is 1. The maximum Gasteiger partial charge on any atom is 0.272 e. The van der Waals surface area contributed by atoms with Gasteiger partial charge < -0.3 is 14.2 Å². The van der Waals surface area contributed by atoms with Crippen molar-refractivity contribution in [3.05, 3.63) is 58.1 Å². The zero-order valence-corrected chi connectivity index (χ0v) is 19.5. The summed E-state index contributed by atoms with van der Waals surface area (Å²) in [6.45, 7) is 12.7. The van der Waals surface area contributed by atoms with E-state index < -0.39 is 11.1 Å². The van der Waals surface area contributed by atoms with Gasteiger partial charge in [0.15, 0.2) is 17.1 Å². The Bertz CT molecular complexity index is 1060. The summed E-state index contributed by atoms with van der Waals surface area (Å²) in [6, 6.07) is 9.10. The minimum atomic E-state index is -0.639. The second kappa shape index (κ2) is 7.81. The minimum absolute atomic E-state index is 0.265. The van der Waals surface area contributed by atoms with E-state index in [0.717, 1.165) is 11.1 Å². The van der Waals surface area contributed by atoms with E-state index in [1.54, 1.807) is 12.1 Å². The highest BCUT2D eigenvalue weighted by Crippen LogP contribution is 2.41. The van der Waals surface area contributed by atoms with Crippen LogP contribution in [0.5, 0.6) is 11.5 Å². The molecule has 7 heteroatoms. The zero-order valence-electron chi connectivity index (χ0n) is 19.5. The van der Waals surface area contributed by atoms with Crippen LogP contribution in [0.3, 0.4) is 0 Å². The van der Waals surface area contributed by atoms with E-state index in [2.05, 4.69) is 5.43 Å². The van der Waals surface area contributed by atoms with Gasteiger partial charge in [0.25, 0.3) is 11.8 Å². The summed E-state index contributed by atoms with van der Waals surface area (Å²) in [5.74, 6) is 0.509. The number of benzene rings is 2. The number of nitrogens with one attached hydrogen (secondary N) is 1. The van der Waals surface area contributed by atoms with E-state index in [4.69, 9.17) is 14.2 Å². The first-order valence-corrected chi connectivity index (χ1v) is 10.8. The fraction of sp³-hybridized carbons (Fsp3) is 0.440. The van der Waals surface area contributed by atoms with Gasteiger partial charge in [0.05, 0.1) is 18.8 Å². The summed E-state index contributed by atoms with van der Waals surface area (Å²) in [7, 11) is 0. The van der Waals surface area contributed by atoms with Crippen LogP contribution in [0.2, 0.25) is 0 Å². The second-order valence-corrected chi connectivity index (χ2v) is 9.76. The van der Waals surface area contributed by atoms with Crippen molar-refractivity contribution in [1.82, 2.24) is 10.4 Å². The Labute approximate surface area is 188 Å². The number of hydrogen-bond donors (Lipinski definition) is 1. The molecule has 170 valence electrons. The quantitative estimate of drug-likeness (QED) is 0.723. The molecule has 2 aromatic carbocycles.